The topological polar surface area (TPSA) is 82.0 Å². The molecule has 2 N–H and O–H groups in total. The van der Waals surface area contributed by atoms with Gasteiger partial charge in [-0.3, -0.25) is 9.59 Å². The summed E-state index contributed by atoms with van der Waals surface area (Å²) >= 11 is 0. The summed E-state index contributed by atoms with van der Waals surface area (Å²) in [5.74, 6) is -0.848. The summed E-state index contributed by atoms with van der Waals surface area (Å²) in [6.45, 7) is 7.70. The lowest BCUT2D eigenvalue weighted by molar-refractivity contribution is -0.128. The van der Waals surface area contributed by atoms with E-state index in [4.69, 9.17) is 5.26 Å². The molecule has 0 saturated heterocycles. The molecule has 1 fully saturated rings. The van der Waals surface area contributed by atoms with Crippen LogP contribution in [-0.4, -0.2) is 24.4 Å². The van der Waals surface area contributed by atoms with E-state index >= 15 is 0 Å². The number of halogens is 1. The van der Waals surface area contributed by atoms with Gasteiger partial charge in [-0.15, -0.1) is 0 Å². The van der Waals surface area contributed by atoms with Gasteiger partial charge in [-0.05, 0) is 69.2 Å². The Hall–Kier alpha value is -2.42. The van der Waals surface area contributed by atoms with Crippen LogP contribution in [-0.2, 0) is 15.0 Å². The Morgan fingerprint density at radius 2 is 1.96 bits per heavy atom. The molecule has 0 bridgehead atoms. The number of nitriles is 1. The second-order valence-electron chi connectivity index (χ2n) is 8.64. The highest BCUT2D eigenvalue weighted by Crippen LogP contribution is 2.26. The molecule has 2 rings (SSSR count). The Labute approximate surface area is 166 Å². The fourth-order valence-corrected chi connectivity index (χ4v) is 3.31. The lowest BCUT2D eigenvalue weighted by Gasteiger charge is -2.30. The minimum absolute atomic E-state index is 0.0194. The van der Waals surface area contributed by atoms with E-state index in [1.165, 1.54) is 12.1 Å². The third kappa shape index (κ3) is 5.54. The van der Waals surface area contributed by atoms with Gasteiger partial charge in [-0.25, -0.2) is 4.39 Å². The number of carbonyl (C=O) groups is 2. The Morgan fingerprint density at radius 1 is 1.29 bits per heavy atom. The second kappa shape index (κ2) is 9.18. The number of hydrogen-bond donors (Lipinski definition) is 2. The van der Waals surface area contributed by atoms with Crippen LogP contribution in [0.5, 0.6) is 0 Å². The largest absolute Gasteiger partial charge is 0.355 e. The van der Waals surface area contributed by atoms with Gasteiger partial charge in [0.05, 0.1) is 23.0 Å². The van der Waals surface area contributed by atoms with Crippen molar-refractivity contribution in [2.75, 3.05) is 6.54 Å². The minimum Gasteiger partial charge on any atom is -0.355 e. The van der Waals surface area contributed by atoms with E-state index in [2.05, 4.69) is 10.6 Å². The molecule has 0 heterocycles. The van der Waals surface area contributed by atoms with Crippen molar-refractivity contribution in [1.82, 2.24) is 10.6 Å². The highest BCUT2D eigenvalue weighted by Gasteiger charge is 2.32. The lowest BCUT2D eigenvalue weighted by Crippen LogP contribution is -2.48. The second-order valence-corrected chi connectivity index (χ2v) is 8.64. The van der Waals surface area contributed by atoms with E-state index in [-0.39, 0.29) is 35.9 Å². The van der Waals surface area contributed by atoms with Crippen LogP contribution in [0.2, 0.25) is 0 Å². The molecule has 1 aliphatic carbocycles. The molecule has 0 aromatic heterocycles. The van der Waals surface area contributed by atoms with E-state index in [9.17, 15) is 14.0 Å². The maximum atomic E-state index is 13.8. The minimum atomic E-state index is -1.03. The van der Waals surface area contributed by atoms with Gasteiger partial charge in [-0.2, -0.15) is 5.26 Å². The lowest BCUT2D eigenvalue weighted by atomic mass is 9.82. The van der Waals surface area contributed by atoms with Crippen LogP contribution in [0.4, 0.5) is 4.39 Å². The third-order valence-corrected chi connectivity index (χ3v) is 5.40. The molecule has 152 valence electrons. The standard InChI is InChI=1S/C22H30FN3O2/c1-14(2)8-16(20(27)26-19-6-5-7-19)13-25-21(28)22(3,4)17-9-15(12-24)10-18(23)11-17/h9-11,14,16,19H,5-8,13H2,1-4H3,(H,25,28)(H,26,27)/t16-/m0/s1. The summed E-state index contributed by atoms with van der Waals surface area (Å²) in [7, 11) is 0. The van der Waals surface area contributed by atoms with Crippen molar-refractivity contribution in [2.24, 2.45) is 11.8 Å². The van der Waals surface area contributed by atoms with Crippen molar-refractivity contribution >= 4 is 11.8 Å². The first-order valence-corrected chi connectivity index (χ1v) is 9.93. The summed E-state index contributed by atoms with van der Waals surface area (Å²) in [4.78, 5) is 25.4. The molecule has 5 nitrogen and oxygen atoms in total. The van der Waals surface area contributed by atoms with E-state index < -0.39 is 11.2 Å². The Kier molecular flexibility index (Phi) is 7.17. The number of nitrogens with one attached hydrogen (secondary N) is 2. The molecule has 1 aliphatic rings. The highest BCUT2D eigenvalue weighted by atomic mass is 19.1. The van der Waals surface area contributed by atoms with E-state index in [0.717, 1.165) is 25.3 Å². The van der Waals surface area contributed by atoms with Gasteiger partial charge in [0, 0.05) is 12.6 Å². The van der Waals surface area contributed by atoms with Crippen LogP contribution < -0.4 is 10.6 Å². The van der Waals surface area contributed by atoms with Crippen LogP contribution in [0.1, 0.15) is 64.5 Å². The molecule has 1 saturated carbocycles. The predicted molar refractivity (Wildman–Crippen MR) is 106 cm³/mol. The van der Waals surface area contributed by atoms with Gasteiger partial charge in [0.25, 0.3) is 0 Å². The molecule has 1 aromatic rings. The van der Waals surface area contributed by atoms with Crippen molar-refractivity contribution in [3.05, 3.63) is 35.1 Å². The maximum absolute atomic E-state index is 13.8. The fourth-order valence-electron chi connectivity index (χ4n) is 3.31. The average molecular weight is 387 g/mol. The van der Waals surface area contributed by atoms with Crippen LogP contribution >= 0.6 is 0 Å². The zero-order valence-electron chi connectivity index (χ0n) is 17.1. The van der Waals surface area contributed by atoms with E-state index in [0.29, 0.717) is 17.9 Å². The van der Waals surface area contributed by atoms with Crippen LogP contribution in [0, 0.1) is 29.0 Å². The molecule has 0 unspecified atom stereocenters. The Balaban J connectivity index is 2.06. The van der Waals surface area contributed by atoms with Gasteiger partial charge < -0.3 is 10.6 Å². The van der Waals surface area contributed by atoms with E-state index in [1.54, 1.807) is 13.8 Å². The first-order valence-electron chi connectivity index (χ1n) is 9.93. The molecule has 0 aliphatic heterocycles. The number of carbonyl (C=O) groups excluding carboxylic acids is 2. The van der Waals surface area contributed by atoms with Gasteiger partial charge >= 0.3 is 0 Å². The van der Waals surface area contributed by atoms with Crippen molar-refractivity contribution in [3.8, 4) is 6.07 Å². The molecule has 2 amide bonds. The van der Waals surface area contributed by atoms with Crippen molar-refractivity contribution in [3.63, 3.8) is 0 Å². The number of benzene rings is 1. The molecular weight excluding hydrogens is 357 g/mol. The molecule has 28 heavy (non-hydrogen) atoms. The molecule has 0 radical (unpaired) electrons. The quantitative estimate of drug-likeness (QED) is 0.717. The number of hydrogen-bond acceptors (Lipinski definition) is 3. The summed E-state index contributed by atoms with van der Waals surface area (Å²) in [6.07, 6.45) is 3.85. The molecule has 1 atom stereocenters. The molecule has 1 aromatic carbocycles. The predicted octanol–water partition coefficient (Wildman–Crippen LogP) is 3.42. The SMILES string of the molecule is CC(C)C[C@@H](CNC(=O)C(C)(C)c1cc(F)cc(C#N)c1)C(=O)NC1CCC1. The fraction of sp³-hybridized carbons (Fsp3) is 0.591. The van der Waals surface area contributed by atoms with Crippen molar-refractivity contribution in [2.45, 2.75) is 64.8 Å². The number of amides is 2. The molecule has 6 heteroatoms. The average Bonchev–Trinajstić information content (AvgIpc) is 2.60. The van der Waals surface area contributed by atoms with E-state index in [1.807, 2.05) is 19.9 Å². The summed E-state index contributed by atoms with van der Waals surface area (Å²) in [5.41, 5.74) is -0.421. The summed E-state index contributed by atoms with van der Waals surface area (Å²) in [6, 6.07) is 6.10. The smallest absolute Gasteiger partial charge is 0.230 e. The van der Waals surface area contributed by atoms with Crippen LogP contribution in [0.15, 0.2) is 18.2 Å². The van der Waals surface area contributed by atoms with Crippen LogP contribution in [0.25, 0.3) is 0 Å². The zero-order valence-corrected chi connectivity index (χ0v) is 17.1. The number of rotatable bonds is 8. The Bertz CT molecular complexity index is 764. The van der Waals surface area contributed by atoms with Crippen LogP contribution in [0.3, 0.4) is 0 Å². The number of nitrogens with zero attached hydrogens (tertiary/aromatic N) is 1. The third-order valence-electron chi connectivity index (χ3n) is 5.40. The monoisotopic (exact) mass is 387 g/mol. The van der Waals surface area contributed by atoms with Crippen molar-refractivity contribution < 1.29 is 14.0 Å². The first-order chi connectivity index (χ1) is 13.1. The van der Waals surface area contributed by atoms with Crippen molar-refractivity contribution in [1.29, 1.82) is 5.26 Å². The first kappa shape index (κ1) is 21.9. The van der Waals surface area contributed by atoms with Gasteiger partial charge in [-0.1, -0.05) is 13.8 Å². The Morgan fingerprint density at radius 3 is 2.50 bits per heavy atom. The molecular formula is C22H30FN3O2. The highest BCUT2D eigenvalue weighted by molar-refractivity contribution is 5.88. The van der Waals surface area contributed by atoms with Gasteiger partial charge in [0.15, 0.2) is 0 Å². The maximum Gasteiger partial charge on any atom is 0.230 e. The zero-order chi connectivity index (χ0) is 20.9. The summed E-state index contributed by atoms with van der Waals surface area (Å²) < 4.78 is 13.8. The summed E-state index contributed by atoms with van der Waals surface area (Å²) in [5, 5.41) is 15.0. The van der Waals surface area contributed by atoms with Gasteiger partial charge in [0.1, 0.15) is 5.82 Å². The molecule has 0 spiro atoms. The normalized spacial score (nSPS) is 15.5. The van der Waals surface area contributed by atoms with Gasteiger partial charge in [0.2, 0.25) is 11.8 Å².